The van der Waals surface area contributed by atoms with Crippen molar-refractivity contribution < 1.29 is 32.7 Å². The molecule has 0 saturated carbocycles. The van der Waals surface area contributed by atoms with Crippen LogP contribution in [0.1, 0.15) is 42.7 Å². The third-order valence-electron chi connectivity index (χ3n) is 5.74. The number of rotatable bonds is 3. The molecule has 4 rings (SSSR count). The van der Waals surface area contributed by atoms with Crippen molar-refractivity contribution in [3.8, 4) is 0 Å². The number of hydrogen-bond acceptors (Lipinski definition) is 6. The van der Waals surface area contributed by atoms with Crippen LogP contribution in [0.2, 0.25) is 0 Å². The molecule has 2 heterocycles. The molecule has 1 unspecified atom stereocenters. The number of anilines is 1. The van der Waals surface area contributed by atoms with Crippen LogP contribution in [0.5, 0.6) is 0 Å². The summed E-state index contributed by atoms with van der Waals surface area (Å²) in [6.45, 7) is 7.66. The minimum Gasteiger partial charge on any atom is -0.477 e. The summed E-state index contributed by atoms with van der Waals surface area (Å²) >= 11 is 0. The lowest BCUT2D eigenvalue weighted by atomic mass is 10.0. The molecular formula is C25H32FN3O7S. The summed E-state index contributed by atoms with van der Waals surface area (Å²) in [5.74, 6) is -1.84. The van der Waals surface area contributed by atoms with E-state index in [0.717, 1.165) is 5.56 Å². The van der Waals surface area contributed by atoms with Crippen molar-refractivity contribution >= 4 is 32.7 Å². The van der Waals surface area contributed by atoms with Crippen LogP contribution in [0.25, 0.3) is 10.9 Å². The maximum absolute atomic E-state index is 15.2. The molecule has 1 saturated heterocycles. The molecule has 1 aliphatic rings. The number of nitrogens with one attached hydrogen (secondary N) is 1. The number of aromatic carboxylic acids is 1. The van der Waals surface area contributed by atoms with Crippen molar-refractivity contribution in [1.29, 1.82) is 0 Å². The van der Waals surface area contributed by atoms with E-state index in [-0.39, 0.29) is 22.5 Å². The van der Waals surface area contributed by atoms with E-state index in [2.05, 4.69) is 5.32 Å². The van der Waals surface area contributed by atoms with Gasteiger partial charge in [-0.05, 0) is 38.5 Å². The molecule has 1 aliphatic heterocycles. The zero-order valence-electron chi connectivity index (χ0n) is 21.0. The average Bonchev–Trinajstić information content (AvgIpc) is 2.78. The van der Waals surface area contributed by atoms with Gasteiger partial charge < -0.3 is 25.4 Å². The molecule has 3 aromatic rings. The summed E-state index contributed by atoms with van der Waals surface area (Å²) in [5, 5.41) is 13.0. The fraction of sp³-hybridized carbons (Fsp3) is 0.360. The molecular weight excluding hydrogens is 505 g/mol. The fourth-order valence-electron chi connectivity index (χ4n) is 4.16. The van der Waals surface area contributed by atoms with E-state index in [1.165, 1.54) is 12.3 Å². The van der Waals surface area contributed by atoms with E-state index in [9.17, 15) is 23.1 Å². The van der Waals surface area contributed by atoms with Crippen LogP contribution in [0.15, 0.2) is 53.5 Å². The first-order chi connectivity index (χ1) is 16.7. The van der Waals surface area contributed by atoms with Crippen molar-refractivity contribution in [2.45, 2.75) is 32.4 Å². The number of halogens is 1. The largest absolute Gasteiger partial charge is 0.477 e. The third-order valence-corrected chi connectivity index (χ3v) is 5.74. The number of carboxylic acid groups (broad SMARTS) is 1. The molecule has 2 aromatic carbocycles. The Labute approximate surface area is 214 Å². The Kier molecular flexibility index (Phi) is 9.20. The van der Waals surface area contributed by atoms with Crippen LogP contribution in [0.4, 0.5) is 10.1 Å². The highest BCUT2D eigenvalue weighted by Gasteiger charge is 2.26. The SMILES string of the molecule is CC(C)(C)n1cc(C(=O)O)c(=O)c2cc(F)c(N3CCNC(c4ccccc4)C3)cc21.CS(=O)(=O)O.O. The number of pyridine rings is 1. The van der Waals surface area contributed by atoms with Crippen LogP contribution in [-0.2, 0) is 15.7 Å². The Balaban J connectivity index is 0.000000734. The molecule has 1 fully saturated rings. The van der Waals surface area contributed by atoms with Crippen LogP contribution in [0.3, 0.4) is 0 Å². The van der Waals surface area contributed by atoms with Crippen molar-refractivity contribution in [2.24, 2.45) is 0 Å². The summed E-state index contributed by atoms with van der Waals surface area (Å²) in [6, 6.07) is 12.9. The standard InChI is InChI=1S/C24H26FN3O3.CH4O3S.H2O/c1-24(2,3)28-13-17(23(30)31)22(29)16-11-18(25)21(12-20(16)28)27-10-9-26-19(14-27)15-7-5-4-6-8-15;1-5(2,3)4;/h4-8,11-13,19,26H,9-10,14H2,1-3H3,(H,30,31);1H3,(H,2,3,4);1H2. The topological polar surface area (TPSA) is 160 Å². The molecule has 0 amide bonds. The van der Waals surface area contributed by atoms with Crippen molar-refractivity contribution in [3.05, 3.63) is 75.8 Å². The number of benzene rings is 2. The molecule has 202 valence electrons. The molecule has 37 heavy (non-hydrogen) atoms. The van der Waals surface area contributed by atoms with Gasteiger partial charge in [-0.25, -0.2) is 9.18 Å². The molecule has 1 aromatic heterocycles. The third kappa shape index (κ3) is 7.35. The fourth-order valence-corrected chi connectivity index (χ4v) is 4.16. The molecule has 10 nitrogen and oxygen atoms in total. The highest BCUT2D eigenvalue weighted by Crippen LogP contribution is 2.30. The van der Waals surface area contributed by atoms with Gasteiger partial charge in [0.15, 0.2) is 0 Å². The number of aromatic nitrogens is 1. The predicted octanol–water partition coefficient (Wildman–Crippen LogP) is 2.42. The van der Waals surface area contributed by atoms with Gasteiger partial charge >= 0.3 is 5.97 Å². The second-order valence-electron chi connectivity index (χ2n) is 9.64. The maximum Gasteiger partial charge on any atom is 0.341 e. The van der Waals surface area contributed by atoms with Gasteiger partial charge in [0.25, 0.3) is 10.1 Å². The Morgan fingerprint density at radius 2 is 1.76 bits per heavy atom. The lowest BCUT2D eigenvalue weighted by molar-refractivity contribution is 0.0694. The van der Waals surface area contributed by atoms with Crippen LogP contribution in [0, 0.1) is 5.82 Å². The maximum atomic E-state index is 15.2. The first-order valence-corrected chi connectivity index (χ1v) is 13.1. The van der Waals surface area contributed by atoms with Gasteiger partial charge in [0.05, 0.1) is 17.5 Å². The normalized spacial score (nSPS) is 15.9. The molecule has 0 aliphatic carbocycles. The van der Waals surface area contributed by atoms with Gasteiger partial charge in [-0.15, -0.1) is 0 Å². The summed E-state index contributed by atoms with van der Waals surface area (Å²) in [7, 11) is -3.67. The van der Waals surface area contributed by atoms with Gasteiger partial charge in [-0.3, -0.25) is 9.35 Å². The van der Waals surface area contributed by atoms with E-state index in [0.29, 0.717) is 37.1 Å². The Morgan fingerprint density at radius 1 is 1.16 bits per heavy atom. The van der Waals surface area contributed by atoms with Crippen LogP contribution < -0.4 is 15.6 Å². The molecule has 1 atom stereocenters. The molecule has 0 radical (unpaired) electrons. The van der Waals surface area contributed by atoms with Gasteiger partial charge in [-0.1, -0.05) is 30.3 Å². The van der Waals surface area contributed by atoms with E-state index >= 15 is 4.39 Å². The Morgan fingerprint density at radius 3 is 2.30 bits per heavy atom. The first-order valence-electron chi connectivity index (χ1n) is 11.2. The van der Waals surface area contributed by atoms with Crippen LogP contribution in [-0.4, -0.2) is 60.0 Å². The van der Waals surface area contributed by atoms with Crippen molar-refractivity contribution in [1.82, 2.24) is 9.88 Å². The molecule has 0 spiro atoms. The minimum absolute atomic E-state index is 0. The minimum atomic E-state index is -3.67. The lowest BCUT2D eigenvalue weighted by Gasteiger charge is -2.36. The smallest absolute Gasteiger partial charge is 0.341 e. The molecule has 12 heteroatoms. The van der Waals surface area contributed by atoms with E-state index in [4.69, 9.17) is 4.55 Å². The lowest BCUT2D eigenvalue weighted by Crippen LogP contribution is -2.46. The number of carboxylic acids is 1. The Hall–Kier alpha value is -3.32. The van der Waals surface area contributed by atoms with Crippen molar-refractivity contribution in [3.63, 3.8) is 0 Å². The number of nitrogens with zero attached hydrogens (tertiary/aromatic N) is 2. The summed E-state index contributed by atoms with van der Waals surface area (Å²) in [4.78, 5) is 26.3. The number of hydrogen-bond donors (Lipinski definition) is 3. The monoisotopic (exact) mass is 537 g/mol. The van der Waals surface area contributed by atoms with E-state index in [1.54, 1.807) is 10.6 Å². The van der Waals surface area contributed by atoms with Crippen LogP contribution >= 0.6 is 0 Å². The second kappa shape index (κ2) is 11.4. The van der Waals surface area contributed by atoms with Gasteiger partial charge in [-0.2, -0.15) is 8.42 Å². The number of fused-ring (bicyclic) bond motifs is 1. The predicted molar refractivity (Wildman–Crippen MR) is 141 cm³/mol. The zero-order valence-corrected chi connectivity index (χ0v) is 21.8. The summed E-state index contributed by atoms with van der Waals surface area (Å²) < 4.78 is 42.8. The summed E-state index contributed by atoms with van der Waals surface area (Å²) in [6.07, 6.45) is 2.08. The first kappa shape index (κ1) is 29.9. The number of piperazine rings is 1. The van der Waals surface area contributed by atoms with E-state index < -0.39 is 32.9 Å². The summed E-state index contributed by atoms with van der Waals surface area (Å²) in [5.41, 5.74) is 0.536. The second-order valence-corrected chi connectivity index (χ2v) is 11.1. The molecule has 5 N–H and O–H groups in total. The van der Waals surface area contributed by atoms with Gasteiger partial charge in [0, 0.05) is 42.8 Å². The Bertz CT molecular complexity index is 1430. The zero-order chi connectivity index (χ0) is 26.8. The van der Waals surface area contributed by atoms with Crippen molar-refractivity contribution in [2.75, 3.05) is 30.8 Å². The average molecular weight is 538 g/mol. The number of carbonyl (C=O) groups is 1. The van der Waals surface area contributed by atoms with Gasteiger partial charge in [0.2, 0.25) is 5.43 Å². The van der Waals surface area contributed by atoms with E-state index in [1.807, 2.05) is 56.0 Å². The highest BCUT2D eigenvalue weighted by molar-refractivity contribution is 7.85. The molecule has 0 bridgehead atoms. The quantitative estimate of drug-likeness (QED) is 0.429. The van der Waals surface area contributed by atoms with Gasteiger partial charge in [0.1, 0.15) is 11.4 Å². The highest BCUT2D eigenvalue weighted by atomic mass is 32.2.